The van der Waals surface area contributed by atoms with E-state index in [9.17, 15) is 14.4 Å². The molecule has 0 radical (unpaired) electrons. The summed E-state index contributed by atoms with van der Waals surface area (Å²) >= 11 is 0. The van der Waals surface area contributed by atoms with Crippen LogP contribution in [0.3, 0.4) is 0 Å². The highest BCUT2D eigenvalue weighted by Gasteiger charge is 2.20. The van der Waals surface area contributed by atoms with Crippen LogP contribution in [-0.4, -0.2) is 33.4 Å². The number of carbonyl (C=O) groups is 3. The lowest BCUT2D eigenvalue weighted by molar-refractivity contribution is -0.132. The minimum absolute atomic E-state index is 0.0148. The van der Waals surface area contributed by atoms with Gasteiger partial charge in [-0.15, -0.1) is 0 Å². The maximum absolute atomic E-state index is 11.7. The molecule has 1 aromatic rings. The van der Waals surface area contributed by atoms with Gasteiger partial charge in [-0.3, -0.25) is 14.9 Å². The van der Waals surface area contributed by atoms with Crippen molar-refractivity contribution in [2.45, 2.75) is 40.2 Å². The van der Waals surface area contributed by atoms with Gasteiger partial charge in [0, 0.05) is 13.8 Å². The largest absolute Gasteiger partial charge is 0.444 e. The Hall–Kier alpha value is -2.51. The minimum Gasteiger partial charge on any atom is -0.444 e. The molecule has 0 aliphatic carbocycles. The second-order valence-electron chi connectivity index (χ2n) is 5.19. The number of hydrogen-bond donors (Lipinski definition) is 1. The summed E-state index contributed by atoms with van der Waals surface area (Å²) in [5, 5.41) is 2.32. The molecule has 0 aromatic carbocycles. The van der Waals surface area contributed by atoms with E-state index < -0.39 is 17.7 Å². The molecule has 0 saturated heterocycles. The molecule has 1 rings (SSSR count). The quantitative estimate of drug-likeness (QED) is 0.670. The lowest BCUT2D eigenvalue weighted by Gasteiger charge is -2.19. The summed E-state index contributed by atoms with van der Waals surface area (Å²) in [7, 11) is 0. The average molecular weight is 295 g/mol. The van der Waals surface area contributed by atoms with Gasteiger partial charge in [0.25, 0.3) is 5.88 Å². The van der Waals surface area contributed by atoms with Crippen molar-refractivity contribution in [1.29, 1.82) is 0 Å². The molecule has 114 valence electrons. The van der Waals surface area contributed by atoms with Crippen molar-refractivity contribution in [1.82, 2.24) is 9.97 Å². The predicted molar refractivity (Wildman–Crippen MR) is 73.2 cm³/mol. The summed E-state index contributed by atoms with van der Waals surface area (Å²) in [6, 6.07) is 0. The molecular weight excluding hydrogens is 278 g/mol. The average Bonchev–Trinajstić information content (AvgIpc) is 2.27. The molecule has 0 fully saturated rings. The number of carbonyl (C=O) groups excluding carboxylic acids is 3. The third-order valence-electron chi connectivity index (χ3n) is 1.96. The number of ketones is 1. The van der Waals surface area contributed by atoms with Gasteiger partial charge < -0.3 is 9.47 Å². The number of ether oxygens (including phenoxy) is 2. The number of anilines is 1. The minimum atomic E-state index is -0.777. The molecular formula is C13H17N3O5. The number of hydrogen-bond acceptors (Lipinski definition) is 7. The molecule has 1 amide bonds. The van der Waals surface area contributed by atoms with Crippen LogP contribution in [0.15, 0.2) is 6.20 Å². The van der Waals surface area contributed by atoms with E-state index in [4.69, 9.17) is 9.47 Å². The molecule has 1 heterocycles. The van der Waals surface area contributed by atoms with Crippen LogP contribution >= 0.6 is 0 Å². The van der Waals surface area contributed by atoms with E-state index in [0.29, 0.717) is 0 Å². The highest BCUT2D eigenvalue weighted by atomic mass is 16.6. The Bertz CT molecular complexity index is 578. The summed E-state index contributed by atoms with van der Waals surface area (Å²) < 4.78 is 9.89. The van der Waals surface area contributed by atoms with Gasteiger partial charge in [0.05, 0.1) is 6.20 Å². The Morgan fingerprint density at radius 3 is 2.29 bits per heavy atom. The van der Waals surface area contributed by atoms with Gasteiger partial charge in [-0.1, -0.05) is 0 Å². The summed E-state index contributed by atoms with van der Waals surface area (Å²) in [6.07, 6.45) is 0.392. The summed E-state index contributed by atoms with van der Waals surface area (Å²) in [6.45, 7) is 7.56. The lowest BCUT2D eigenvalue weighted by atomic mass is 10.2. The van der Waals surface area contributed by atoms with Crippen LogP contribution in [0.5, 0.6) is 5.88 Å². The Kier molecular flexibility index (Phi) is 4.96. The number of amides is 1. The zero-order chi connectivity index (χ0) is 16.2. The van der Waals surface area contributed by atoms with Crippen molar-refractivity contribution >= 4 is 23.7 Å². The second-order valence-corrected chi connectivity index (χ2v) is 5.19. The van der Waals surface area contributed by atoms with E-state index in [-0.39, 0.29) is 23.2 Å². The number of aromatic nitrogens is 2. The molecule has 0 aliphatic rings. The van der Waals surface area contributed by atoms with Crippen LogP contribution in [0.2, 0.25) is 0 Å². The fourth-order valence-corrected chi connectivity index (χ4v) is 1.24. The fourth-order valence-electron chi connectivity index (χ4n) is 1.24. The van der Waals surface area contributed by atoms with Crippen molar-refractivity contribution in [3.05, 3.63) is 11.9 Å². The standard InChI is InChI=1S/C13H17N3O5/c1-7(17)9-6-14-10(11(15-9)20-8(2)18)16-12(19)21-13(3,4)5/h6H,1-5H3,(H,14,16,19). The molecule has 0 unspecified atom stereocenters. The molecule has 0 saturated carbocycles. The highest BCUT2D eigenvalue weighted by Crippen LogP contribution is 2.20. The first-order valence-corrected chi connectivity index (χ1v) is 6.15. The van der Waals surface area contributed by atoms with Crippen LogP contribution in [0.1, 0.15) is 45.1 Å². The van der Waals surface area contributed by atoms with E-state index in [1.807, 2.05) is 0 Å². The summed E-state index contributed by atoms with van der Waals surface area (Å²) in [5.41, 5.74) is -0.681. The maximum Gasteiger partial charge on any atom is 0.413 e. The first-order valence-electron chi connectivity index (χ1n) is 6.15. The second kappa shape index (κ2) is 6.29. The Morgan fingerprint density at radius 2 is 1.81 bits per heavy atom. The van der Waals surface area contributed by atoms with Crippen molar-refractivity contribution in [3.8, 4) is 5.88 Å². The molecule has 8 heteroatoms. The van der Waals surface area contributed by atoms with Gasteiger partial charge in [-0.25, -0.2) is 14.8 Å². The predicted octanol–water partition coefficient (Wildman–Crippen LogP) is 1.95. The molecule has 8 nitrogen and oxygen atoms in total. The first-order chi connectivity index (χ1) is 9.58. The molecule has 1 N–H and O–H groups in total. The Balaban J connectivity index is 3.02. The van der Waals surface area contributed by atoms with E-state index >= 15 is 0 Å². The SMILES string of the molecule is CC(=O)Oc1nc(C(C)=O)cnc1NC(=O)OC(C)(C)C. The van der Waals surface area contributed by atoms with Crippen molar-refractivity contribution in [2.75, 3.05) is 5.32 Å². The van der Waals surface area contributed by atoms with E-state index in [1.165, 1.54) is 20.0 Å². The van der Waals surface area contributed by atoms with Gasteiger partial charge in [-0.2, -0.15) is 0 Å². The van der Waals surface area contributed by atoms with E-state index in [2.05, 4.69) is 15.3 Å². The fraction of sp³-hybridized carbons (Fsp3) is 0.462. The molecule has 1 aromatic heterocycles. The molecule has 0 aliphatic heterocycles. The molecule has 0 atom stereocenters. The van der Waals surface area contributed by atoms with Crippen LogP contribution in [-0.2, 0) is 9.53 Å². The van der Waals surface area contributed by atoms with Gasteiger partial charge in [0.1, 0.15) is 11.3 Å². The Labute approximate surface area is 121 Å². The zero-order valence-corrected chi connectivity index (χ0v) is 12.5. The number of Topliss-reactive ketones (excluding diaryl/α,β-unsaturated/α-hetero) is 1. The molecule has 0 spiro atoms. The normalized spacial score (nSPS) is 10.7. The van der Waals surface area contributed by atoms with Gasteiger partial charge in [0.15, 0.2) is 11.6 Å². The van der Waals surface area contributed by atoms with Crippen molar-refractivity contribution < 1.29 is 23.9 Å². The maximum atomic E-state index is 11.7. The van der Waals surface area contributed by atoms with Crippen LogP contribution in [0, 0.1) is 0 Å². The van der Waals surface area contributed by atoms with Gasteiger partial charge in [-0.05, 0) is 20.8 Å². The number of nitrogens with zero attached hydrogens (tertiary/aromatic N) is 2. The monoisotopic (exact) mass is 295 g/mol. The molecule has 21 heavy (non-hydrogen) atoms. The molecule has 0 bridgehead atoms. The summed E-state index contributed by atoms with van der Waals surface area (Å²) in [5.74, 6) is -1.37. The summed E-state index contributed by atoms with van der Waals surface area (Å²) in [4.78, 5) is 41.7. The first kappa shape index (κ1) is 16.5. The number of esters is 1. The van der Waals surface area contributed by atoms with Crippen LogP contribution < -0.4 is 10.1 Å². The van der Waals surface area contributed by atoms with E-state index in [0.717, 1.165) is 0 Å². The van der Waals surface area contributed by atoms with Gasteiger partial charge >= 0.3 is 12.1 Å². The van der Waals surface area contributed by atoms with Crippen LogP contribution in [0.4, 0.5) is 10.6 Å². The smallest absolute Gasteiger partial charge is 0.413 e. The number of rotatable bonds is 3. The third kappa shape index (κ3) is 5.55. The van der Waals surface area contributed by atoms with Crippen molar-refractivity contribution in [2.24, 2.45) is 0 Å². The van der Waals surface area contributed by atoms with E-state index in [1.54, 1.807) is 20.8 Å². The number of nitrogens with one attached hydrogen (secondary N) is 1. The van der Waals surface area contributed by atoms with Crippen LogP contribution in [0.25, 0.3) is 0 Å². The topological polar surface area (TPSA) is 107 Å². The zero-order valence-electron chi connectivity index (χ0n) is 12.5. The van der Waals surface area contributed by atoms with Crippen molar-refractivity contribution in [3.63, 3.8) is 0 Å². The highest BCUT2D eigenvalue weighted by molar-refractivity contribution is 5.93. The third-order valence-corrected chi connectivity index (χ3v) is 1.96. The van der Waals surface area contributed by atoms with Gasteiger partial charge in [0.2, 0.25) is 0 Å². The Morgan fingerprint density at radius 1 is 1.19 bits per heavy atom. The lowest BCUT2D eigenvalue weighted by Crippen LogP contribution is -2.28.